The van der Waals surface area contributed by atoms with Crippen molar-refractivity contribution in [2.24, 2.45) is 5.11 Å². The van der Waals surface area contributed by atoms with Gasteiger partial charge >= 0.3 is 12.2 Å². The van der Waals surface area contributed by atoms with E-state index in [1.807, 2.05) is 0 Å². The molecule has 0 aromatic rings. The minimum Gasteiger partial charge on any atom is -0.449 e. The molecule has 0 aliphatic heterocycles. The fraction of sp³-hybridized carbons (Fsp3) is 0. The average Bonchev–Trinajstić information content (AvgIpc) is 1.65. The molecule has 0 fully saturated rings. The fourth-order valence-electron chi connectivity index (χ4n) is 0.0975. The number of carboxylic acid groups (broad SMARTS) is 1. The van der Waals surface area contributed by atoms with Crippen LogP contribution in [0.25, 0.3) is 0 Å². The summed E-state index contributed by atoms with van der Waals surface area (Å²) in [6.07, 6.45) is -3.19. The van der Waals surface area contributed by atoms with Crippen molar-refractivity contribution in [3.05, 3.63) is 0 Å². The van der Waals surface area contributed by atoms with E-state index in [-0.39, 0.29) is 0 Å². The maximum Gasteiger partial charge on any atom is 0.515 e. The van der Waals surface area contributed by atoms with E-state index in [2.05, 4.69) is 9.85 Å². The van der Waals surface area contributed by atoms with Crippen LogP contribution in [0.1, 0.15) is 0 Å². The first kappa shape index (κ1) is 6.54. The van der Waals surface area contributed by atoms with Crippen LogP contribution < -0.4 is 0 Å². The molecule has 0 saturated carbocycles. The van der Waals surface area contributed by atoms with Gasteiger partial charge in [0.15, 0.2) is 0 Å². The van der Waals surface area contributed by atoms with Gasteiger partial charge in [-0.15, -0.1) is 0 Å². The SMILES string of the molecule is N=NC(=O)OC(=O)O. The summed E-state index contributed by atoms with van der Waals surface area (Å²) in [5, 5.41) is 9.77. The van der Waals surface area contributed by atoms with Gasteiger partial charge in [-0.1, -0.05) is 5.11 Å². The zero-order valence-electron chi connectivity index (χ0n) is 3.62. The van der Waals surface area contributed by atoms with Gasteiger partial charge in [-0.25, -0.2) is 9.59 Å². The number of amides is 1. The Morgan fingerprint density at radius 2 is 2.12 bits per heavy atom. The van der Waals surface area contributed by atoms with Crippen LogP contribution in [-0.2, 0) is 4.74 Å². The summed E-state index contributed by atoms with van der Waals surface area (Å²) in [7, 11) is 0. The largest absolute Gasteiger partial charge is 0.515 e. The van der Waals surface area contributed by atoms with Crippen LogP contribution in [0.4, 0.5) is 9.59 Å². The molecule has 0 aromatic carbocycles. The lowest BCUT2D eigenvalue weighted by Gasteiger charge is -1.84. The number of hydrogen-bond donors (Lipinski definition) is 2. The maximum atomic E-state index is 9.66. The summed E-state index contributed by atoms with van der Waals surface area (Å²) in [6.45, 7) is 0. The van der Waals surface area contributed by atoms with Gasteiger partial charge < -0.3 is 9.84 Å². The number of nitrogens with zero attached hydrogens (tertiary/aromatic N) is 1. The van der Waals surface area contributed by atoms with Gasteiger partial charge in [0.1, 0.15) is 0 Å². The zero-order chi connectivity index (χ0) is 6.57. The molecule has 0 aliphatic carbocycles. The number of nitrogens with one attached hydrogen (secondary N) is 1. The van der Waals surface area contributed by atoms with Crippen LogP contribution in [0.5, 0.6) is 0 Å². The van der Waals surface area contributed by atoms with Crippen molar-refractivity contribution in [1.29, 1.82) is 5.53 Å². The number of hydrogen-bond acceptors (Lipinski definition) is 4. The highest BCUT2D eigenvalue weighted by atomic mass is 16.7. The molecule has 2 N–H and O–H groups in total. The Balaban J connectivity index is 3.55. The third kappa shape index (κ3) is 2.76. The number of ether oxygens (including phenoxy) is 1. The van der Waals surface area contributed by atoms with Gasteiger partial charge in [0.25, 0.3) is 0 Å². The molecule has 0 aliphatic rings. The molecule has 6 heteroatoms. The van der Waals surface area contributed by atoms with Gasteiger partial charge in [-0.05, 0) is 0 Å². The van der Waals surface area contributed by atoms with E-state index in [1.165, 1.54) is 0 Å². The van der Waals surface area contributed by atoms with Gasteiger partial charge in [-0.3, -0.25) is 0 Å². The Labute approximate surface area is 43.6 Å². The normalized spacial score (nSPS) is 7.50. The molecule has 0 saturated heterocycles. The smallest absolute Gasteiger partial charge is 0.449 e. The van der Waals surface area contributed by atoms with Crippen LogP contribution in [0, 0.1) is 5.53 Å². The van der Waals surface area contributed by atoms with Gasteiger partial charge in [0.2, 0.25) is 0 Å². The second kappa shape index (κ2) is 2.67. The van der Waals surface area contributed by atoms with E-state index in [0.29, 0.717) is 0 Å². The lowest BCUT2D eigenvalue weighted by Crippen LogP contribution is -2.03. The molecule has 0 unspecified atom stereocenters. The van der Waals surface area contributed by atoms with Crippen molar-refractivity contribution < 1.29 is 19.4 Å². The fourth-order valence-corrected chi connectivity index (χ4v) is 0.0975. The highest BCUT2D eigenvalue weighted by Crippen LogP contribution is 1.81. The van der Waals surface area contributed by atoms with E-state index in [1.54, 1.807) is 0 Å². The van der Waals surface area contributed by atoms with E-state index in [0.717, 1.165) is 0 Å². The predicted molar refractivity (Wildman–Crippen MR) is 19.7 cm³/mol. The molecular weight excluding hydrogens is 116 g/mol. The molecule has 0 bridgehead atoms. The first-order valence-corrected chi connectivity index (χ1v) is 1.49. The lowest BCUT2D eigenvalue weighted by atomic mass is 11.2. The van der Waals surface area contributed by atoms with Crippen molar-refractivity contribution in [1.82, 2.24) is 0 Å². The quantitative estimate of drug-likeness (QED) is 0.279. The zero-order valence-corrected chi connectivity index (χ0v) is 3.62. The molecular formula is C2H2N2O4. The summed E-state index contributed by atoms with van der Waals surface area (Å²) in [4.78, 5) is 19.0. The van der Waals surface area contributed by atoms with Crippen LogP contribution in [0.15, 0.2) is 5.11 Å². The lowest BCUT2D eigenvalue weighted by molar-refractivity contribution is 0.113. The second-order valence-corrected chi connectivity index (χ2v) is 0.746. The summed E-state index contributed by atoms with van der Waals surface area (Å²) >= 11 is 0. The minimum absolute atomic E-state index is 1.43. The van der Waals surface area contributed by atoms with Crippen LogP contribution in [0.3, 0.4) is 0 Å². The topological polar surface area (TPSA) is 99.8 Å². The molecule has 0 atom stereocenters. The van der Waals surface area contributed by atoms with Crippen molar-refractivity contribution in [3.8, 4) is 0 Å². The second-order valence-electron chi connectivity index (χ2n) is 0.746. The maximum absolute atomic E-state index is 9.66. The van der Waals surface area contributed by atoms with Gasteiger partial charge in [0, 0.05) is 0 Å². The van der Waals surface area contributed by atoms with Crippen LogP contribution in [-0.4, -0.2) is 17.4 Å². The van der Waals surface area contributed by atoms with Crippen molar-refractivity contribution in [2.75, 3.05) is 0 Å². The van der Waals surface area contributed by atoms with E-state index in [9.17, 15) is 9.59 Å². The van der Waals surface area contributed by atoms with Crippen molar-refractivity contribution in [2.45, 2.75) is 0 Å². The van der Waals surface area contributed by atoms with Crippen molar-refractivity contribution in [3.63, 3.8) is 0 Å². The Hall–Kier alpha value is -1.46. The monoisotopic (exact) mass is 118 g/mol. The Morgan fingerprint density at radius 1 is 1.62 bits per heavy atom. The third-order valence-electron chi connectivity index (χ3n) is 0.266. The number of carbonyl (C=O) groups excluding carboxylic acids is 1. The molecule has 0 aromatic heterocycles. The van der Waals surface area contributed by atoms with Gasteiger partial charge in [-0.2, -0.15) is 5.53 Å². The van der Waals surface area contributed by atoms with E-state index >= 15 is 0 Å². The third-order valence-corrected chi connectivity index (χ3v) is 0.266. The minimum atomic E-state index is -1.76. The molecule has 1 amide bonds. The first-order chi connectivity index (χ1) is 3.66. The van der Waals surface area contributed by atoms with Gasteiger partial charge in [0.05, 0.1) is 0 Å². The van der Waals surface area contributed by atoms with E-state index < -0.39 is 12.2 Å². The Kier molecular flexibility index (Phi) is 2.18. The molecule has 6 nitrogen and oxygen atoms in total. The van der Waals surface area contributed by atoms with Crippen molar-refractivity contribution >= 4 is 12.2 Å². The predicted octanol–water partition coefficient (Wildman–Crippen LogP) is 0.832. The standard InChI is InChI=1S/C2H2N2O4/c3-4-1(5)8-2(6)7/h3H,(H,6,7). The average molecular weight is 118 g/mol. The highest BCUT2D eigenvalue weighted by molar-refractivity contribution is 5.79. The van der Waals surface area contributed by atoms with E-state index in [4.69, 9.17) is 10.6 Å². The molecule has 8 heavy (non-hydrogen) atoms. The summed E-state index contributed by atoms with van der Waals surface area (Å²) in [5.74, 6) is 0. The van der Waals surface area contributed by atoms with Crippen LogP contribution in [0.2, 0.25) is 0 Å². The first-order valence-electron chi connectivity index (χ1n) is 1.49. The summed E-state index contributed by atoms with van der Waals surface area (Å²) < 4.78 is 3.32. The molecule has 0 spiro atoms. The molecule has 0 radical (unpaired) electrons. The van der Waals surface area contributed by atoms with Crippen LogP contribution >= 0.6 is 0 Å². The Bertz CT molecular complexity index is 130. The number of rotatable bonds is 0. The summed E-state index contributed by atoms with van der Waals surface area (Å²) in [6, 6.07) is 0. The molecule has 0 heterocycles. The summed E-state index contributed by atoms with van der Waals surface area (Å²) in [5.41, 5.74) is 5.89. The highest BCUT2D eigenvalue weighted by Gasteiger charge is 2.03. The molecule has 44 valence electrons. The number of carbonyl (C=O) groups is 2. The Morgan fingerprint density at radius 3 is 2.25 bits per heavy atom. The molecule has 0 rings (SSSR count).